The first kappa shape index (κ1) is 16.8. The van der Waals surface area contributed by atoms with Crippen molar-refractivity contribution in [3.63, 3.8) is 0 Å². The molecule has 4 rings (SSSR count). The van der Waals surface area contributed by atoms with Crippen LogP contribution in [0.1, 0.15) is 29.9 Å². The van der Waals surface area contributed by atoms with Crippen molar-refractivity contribution in [1.82, 2.24) is 15.1 Å². The van der Waals surface area contributed by atoms with Crippen LogP contribution >= 0.6 is 0 Å². The Labute approximate surface area is 157 Å². The minimum Gasteiger partial charge on any atom is -0.383 e. The molecule has 0 saturated carbocycles. The Bertz CT molecular complexity index is 1180. The molecule has 2 heterocycles. The summed E-state index contributed by atoms with van der Waals surface area (Å²) in [5.74, 6) is 7.74. The second-order valence-electron chi connectivity index (χ2n) is 6.43. The average molecular weight is 354 g/mol. The van der Waals surface area contributed by atoms with Crippen molar-refractivity contribution < 1.29 is 4.52 Å². The lowest BCUT2D eigenvalue weighted by Gasteiger charge is -2.06. The standard InChI is InChI=1S/C22H18N4O/c1-14(21-10-15(2)27-26-21)6-7-16-4-3-5-17(11-16)18-8-9-20-19(12-18)22(23)25-13-24-20/h3-5,8-14H,1-2H3,(H2,23,24,25)/t14-/m0/s1. The molecule has 0 saturated heterocycles. The van der Waals surface area contributed by atoms with E-state index in [9.17, 15) is 0 Å². The van der Waals surface area contributed by atoms with Crippen LogP contribution in [-0.4, -0.2) is 15.1 Å². The van der Waals surface area contributed by atoms with Gasteiger partial charge < -0.3 is 10.3 Å². The summed E-state index contributed by atoms with van der Waals surface area (Å²) in [7, 11) is 0. The van der Waals surface area contributed by atoms with Crippen LogP contribution in [0.15, 0.2) is 59.4 Å². The summed E-state index contributed by atoms with van der Waals surface area (Å²) in [6.45, 7) is 3.89. The van der Waals surface area contributed by atoms with E-state index < -0.39 is 0 Å². The van der Waals surface area contributed by atoms with Crippen LogP contribution in [-0.2, 0) is 0 Å². The van der Waals surface area contributed by atoms with Gasteiger partial charge in [-0.05, 0) is 49.2 Å². The van der Waals surface area contributed by atoms with Crippen molar-refractivity contribution in [2.75, 3.05) is 5.73 Å². The summed E-state index contributed by atoms with van der Waals surface area (Å²) in [4.78, 5) is 8.32. The number of rotatable bonds is 2. The third kappa shape index (κ3) is 3.51. The second kappa shape index (κ2) is 6.93. The summed E-state index contributed by atoms with van der Waals surface area (Å²) in [5.41, 5.74) is 10.7. The first-order chi connectivity index (χ1) is 13.1. The molecule has 1 atom stereocenters. The maximum Gasteiger partial charge on any atom is 0.134 e. The van der Waals surface area contributed by atoms with Gasteiger partial charge in [0.25, 0.3) is 0 Å². The van der Waals surface area contributed by atoms with Crippen LogP contribution in [0.5, 0.6) is 0 Å². The van der Waals surface area contributed by atoms with E-state index in [1.165, 1.54) is 6.33 Å². The highest BCUT2D eigenvalue weighted by Crippen LogP contribution is 2.26. The number of benzene rings is 2. The molecule has 0 fully saturated rings. The molecule has 2 aromatic carbocycles. The van der Waals surface area contributed by atoms with Crippen LogP contribution in [0.2, 0.25) is 0 Å². The number of hydrogen-bond donors (Lipinski definition) is 1. The van der Waals surface area contributed by atoms with E-state index in [0.29, 0.717) is 5.82 Å². The maximum atomic E-state index is 5.98. The molecule has 0 aliphatic heterocycles. The molecule has 132 valence electrons. The fourth-order valence-corrected chi connectivity index (χ4v) is 2.89. The molecule has 0 spiro atoms. The number of nitrogens with zero attached hydrogens (tertiary/aromatic N) is 3. The molecule has 2 aromatic heterocycles. The molecule has 0 radical (unpaired) electrons. The van der Waals surface area contributed by atoms with Crippen molar-refractivity contribution in [2.24, 2.45) is 0 Å². The van der Waals surface area contributed by atoms with E-state index in [2.05, 4.69) is 39.1 Å². The zero-order valence-electron chi connectivity index (χ0n) is 15.1. The van der Waals surface area contributed by atoms with Gasteiger partial charge in [0.1, 0.15) is 17.9 Å². The summed E-state index contributed by atoms with van der Waals surface area (Å²) < 4.78 is 5.12. The molecule has 5 heteroatoms. The average Bonchev–Trinajstić information content (AvgIpc) is 3.13. The molecule has 0 aliphatic rings. The van der Waals surface area contributed by atoms with E-state index in [-0.39, 0.29) is 5.92 Å². The number of aromatic nitrogens is 3. The Hall–Kier alpha value is -3.65. The molecular weight excluding hydrogens is 336 g/mol. The fourth-order valence-electron chi connectivity index (χ4n) is 2.89. The molecule has 5 nitrogen and oxygen atoms in total. The van der Waals surface area contributed by atoms with E-state index in [1.54, 1.807) is 0 Å². The van der Waals surface area contributed by atoms with Crippen molar-refractivity contribution in [3.8, 4) is 23.0 Å². The lowest BCUT2D eigenvalue weighted by atomic mass is 10.0. The Morgan fingerprint density at radius 3 is 2.70 bits per heavy atom. The number of fused-ring (bicyclic) bond motifs is 1. The Kier molecular flexibility index (Phi) is 4.31. The van der Waals surface area contributed by atoms with Gasteiger partial charge in [-0.2, -0.15) is 0 Å². The van der Waals surface area contributed by atoms with Gasteiger partial charge in [-0.25, -0.2) is 9.97 Å². The van der Waals surface area contributed by atoms with Crippen LogP contribution in [0.4, 0.5) is 5.82 Å². The van der Waals surface area contributed by atoms with Gasteiger partial charge in [-0.1, -0.05) is 35.2 Å². The summed E-state index contributed by atoms with van der Waals surface area (Å²) in [6, 6.07) is 16.0. The Morgan fingerprint density at radius 1 is 1.04 bits per heavy atom. The fraction of sp³-hybridized carbons (Fsp3) is 0.136. The van der Waals surface area contributed by atoms with Gasteiger partial charge in [-0.3, -0.25) is 0 Å². The number of hydrogen-bond acceptors (Lipinski definition) is 5. The minimum absolute atomic E-state index is 0.00345. The van der Waals surface area contributed by atoms with E-state index in [1.807, 2.05) is 50.2 Å². The van der Waals surface area contributed by atoms with Crippen molar-refractivity contribution in [3.05, 3.63) is 71.9 Å². The Balaban J connectivity index is 1.65. The first-order valence-electron chi connectivity index (χ1n) is 8.65. The van der Waals surface area contributed by atoms with Crippen molar-refractivity contribution in [1.29, 1.82) is 0 Å². The van der Waals surface area contributed by atoms with Crippen LogP contribution < -0.4 is 5.73 Å². The predicted octanol–water partition coefficient (Wildman–Crippen LogP) is 4.33. The third-order valence-electron chi connectivity index (χ3n) is 4.38. The molecule has 4 aromatic rings. The molecule has 0 unspecified atom stereocenters. The molecule has 0 amide bonds. The molecule has 27 heavy (non-hydrogen) atoms. The normalized spacial score (nSPS) is 11.8. The van der Waals surface area contributed by atoms with Crippen LogP contribution in [0, 0.1) is 18.8 Å². The van der Waals surface area contributed by atoms with Gasteiger partial charge in [-0.15, -0.1) is 0 Å². The highest BCUT2D eigenvalue weighted by Gasteiger charge is 2.07. The zero-order valence-corrected chi connectivity index (χ0v) is 15.1. The highest BCUT2D eigenvalue weighted by atomic mass is 16.5. The van der Waals surface area contributed by atoms with Gasteiger partial charge in [0, 0.05) is 17.0 Å². The molecule has 0 bridgehead atoms. The van der Waals surface area contributed by atoms with E-state index >= 15 is 0 Å². The molecular formula is C22H18N4O. The smallest absolute Gasteiger partial charge is 0.134 e. The number of anilines is 1. The highest BCUT2D eigenvalue weighted by molar-refractivity contribution is 5.91. The zero-order chi connectivity index (χ0) is 18.8. The SMILES string of the molecule is Cc1cc([C@@H](C)C#Cc2cccc(-c3ccc4ncnc(N)c4c3)c2)no1. The number of aryl methyl sites for hydroxylation is 1. The third-order valence-corrected chi connectivity index (χ3v) is 4.38. The van der Waals surface area contributed by atoms with Gasteiger partial charge in [0.05, 0.1) is 17.1 Å². The van der Waals surface area contributed by atoms with Crippen molar-refractivity contribution >= 4 is 16.7 Å². The van der Waals surface area contributed by atoms with Crippen LogP contribution in [0.25, 0.3) is 22.0 Å². The van der Waals surface area contributed by atoms with Gasteiger partial charge in [0.15, 0.2) is 0 Å². The number of nitrogens with two attached hydrogens (primary N) is 1. The molecule has 2 N–H and O–H groups in total. The van der Waals surface area contributed by atoms with E-state index in [0.717, 1.165) is 39.0 Å². The maximum absolute atomic E-state index is 5.98. The lowest BCUT2D eigenvalue weighted by Crippen LogP contribution is -1.93. The Morgan fingerprint density at radius 2 is 1.89 bits per heavy atom. The largest absolute Gasteiger partial charge is 0.383 e. The molecule has 0 aliphatic carbocycles. The summed E-state index contributed by atoms with van der Waals surface area (Å²) >= 11 is 0. The number of nitrogen functional groups attached to an aromatic ring is 1. The van der Waals surface area contributed by atoms with Gasteiger partial charge >= 0.3 is 0 Å². The monoisotopic (exact) mass is 354 g/mol. The first-order valence-corrected chi connectivity index (χ1v) is 8.65. The summed E-state index contributed by atoms with van der Waals surface area (Å²) in [6.07, 6.45) is 1.48. The lowest BCUT2D eigenvalue weighted by molar-refractivity contribution is 0.389. The quantitative estimate of drug-likeness (QED) is 0.542. The topological polar surface area (TPSA) is 77.8 Å². The van der Waals surface area contributed by atoms with E-state index in [4.69, 9.17) is 10.3 Å². The van der Waals surface area contributed by atoms with Crippen LogP contribution in [0.3, 0.4) is 0 Å². The van der Waals surface area contributed by atoms with Gasteiger partial charge in [0.2, 0.25) is 0 Å². The predicted molar refractivity (Wildman–Crippen MR) is 106 cm³/mol. The minimum atomic E-state index is 0.00345. The second-order valence-corrected chi connectivity index (χ2v) is 6.43. The summed E-state index contributed by atoms with van der Waals surface area (Å²) in [5, 5.41) is 4.88. The van der Waals surface area contributed by atoms with Crippen molar-refractivity contribution in [2.45, 2.75) is 19.8 Å².